The molecule has 2 amide bonds. The highest BCUT2D eigenvalue weighted by molar-refractivity contribution is 7.92. The van der Waals surface area contributed by atoms with E-state index in [0.29, 0.717) is 15.6 Å². The molecule has 258 valence electrons. The summed E-state index contributed by atoms with van der Waals surface area (Å²) in [5.41, 5.74) is 2.34. The van der Waals surface area contributed by atoms with Crippen molar-refractivity contribution >= 4 is 73.9 Å². The molecule has 0 unspecified atom stereocenters. The van der Waals surface area contributed by atoms with Gasteiger partial charge < -0.3 is 10.2 Å². The second-order valence-electron chi connectivity index (χ2n) is 12.3. The molecule has 12 heteroatoms. The second kappa shape index (κ2) is 16.6. The first kappa shape index (κ1) is 37.0. The van der Waals surface area contributed by atoms with Crippen molar-refractivity contribution in [1.82, 2.24) is 10.2 Å². The molecule has 0 spiro atoms. The van der Waals surface area contributed by atoms with E-state index in [1.54, 1.807) is 30.3 Å². The molecule has 0 bridgehead atoms. The van der Waals surface area contributed by atoms with E-state index in [1.807, 2.05) is 37.3 Å². The van der Waals surface area contributed by atoms with Crippen molar-refractivity contribution in [2.45, 2.75) is 69.0 Å². The Morgan fingerprint density at radius 1 is 0.816 bits per heavy atom. The lowest BCUT2D eigenvalue weighted by Gasteiger charge is -2.35. The Hall–Kier alpha value is -3.27. The van der Waals surface area contributed by atoms with Crippen molar-refractivity contribution in [2.75, 3.05) is 10.8 Å². The Balaban J connectivity index is 1.60. The first-order valence-corrected chi connectivity index (χ1v) is 19.0. The van der Waals surface area contributed by atoms with Crippen LogP contribution in [0.15, 0.2) is 95.9 Å². The molecule has 4 aromatic carbocycles. The average molecular weight is 762 g/mol. The molecule has 0 aliphatic heterocycles. The number of sulfonamides is 1. The maximum absolute atomic E-state index is 14.7. The Morgan fingerprint density at radius 2 is 1.47 bits per heavy atom. The van der Waals surface area contributed by atoms with Gasteiger partial charge in [-0.05, 0) is 73.4 Å². The van der Waals surface area contributed by atoms with Gasteiger partial charge in [0.15, 0.2) is 0 Å². The normalized spacial score (nSPS) is 14.2. The predicted octanol–water partition coefficient (Wildman–Crippen LogP) is 8.89. The summed E-state index contributed by atoms with van der Waals surface area (Å²) in [6.07, 6.45) is 5.00. The van der Waals surface area contributed by atoms with E-state index in [9.17, 15) is 18.0 Å². The summed E-state index contributed by atoms with van der Waals surface area (Å²) in [7, 11) is -4.32. The lowest BCUT2D eigenvalue weighted by atomic mass is 9.94. The summed E-state index contributed by atoms with van der Waals surface area (Å²) in [6, 6.07) is 23.9. The number of halogens is 4. The highest BCUT2D eigenvalue weighted by Crippen LogP contribution is 2.31. The fourth-order valence-electron chi connectivity index (χ4n) is 5.98. The van der Waals surface area contributed by atoms with Crippen LogP contribution in [-0.2, 0) is 32.6 Å². The third-order valence-electron chi connectivity index (χ3n) is 8.60. The molecule has 49 heavy (non-hydrogen) atoms. The van der Waals surface area contributed by atoms with Gasteiger partial charge in [-0.3, -0.25) is 13.9 Å². The number of aryl methyl sites for hydroxylation is 1. The van der Waals surface area contributed by atoms with Gasteiger partial charge >= 0.3 is 0 Å². The first-order valence-electron chi connectivity index (χ1n) is 16.0. The van der Waals surface area contributed by atoms with Crippen LogP contribution in [-0.4, -0.2) is 43.8 Å². The van der Waals surface area contributed by atoms with E-state index in [2.05, 4.69) is 5.32 Å². The molecule has 1 N–H and O–H groups in total. The van der Waals surface area contributed by atoms with E-state index < -0.39 is 28.5 Å². The zero-order valence-electron chi connectivity index (χ0n) is 26.9. The van der Waals surface area contributed by atoms with Gasteiger partial charge in [0.25, 0.3) is 10.0 Å². The number of anilines is 1. The molecule has 0 heterocycles. The van der Waals surface area contributed by atoms with Crippen molar-refractivity contribution in [2.24, 2.45) is 0 Å². The Bertz CT molecular complexity index is 1870. The van der Waals surface area contributed by atoms with Crippen LogP contribution in [0.4, 0.5) is 5.69 Å². The molecule has 1 aliphatic rings. The minimum absolute atomic E-state index is 0.0230. The highest BCUT2D eigenvalue weighted by atomic mass is 35.5. The largest absolute Gasteiger partial charge is 0.352 e. The molecule has 0 aromatic heterocycles. The van der Waals surface area contributed by atoms with E-state index in [1.165, 1.54) is 35.2 Å². The number of hydrogen-bond acceptors (Lipinski definition) is 4. The minimum atomic E-state index is -4.32. The molecule has 1 atom stereocenters. The number of benzene rings is 4. The second-order valence-corrected chi connectivity index (χ2v) is 15.8. The molecule has 0 saturated heterocycles. The monoisotopic (exact) mass is 759 g/mol. The van der Waals surface area contributed by atoms with Crippen LogP contribution < -0.4 is 9.62 Å². The number of carbonyl (C=O) groups is 2. The SMILES string of the molecule is Cc1ccc(S(=O)(=O)N(CC(=O)N(Cc2ccc(Cl)cc2Cl)[C@@H](Cc2ccccc2)C(=O)NC2CCCCC2)c2cc(Cl)cc(Cl)c2)cc1. The number of amides is 2. The number of hydrogen-bond donors (Lipinski definition) is 1. The zero-order chi connectivity index (χ0) is 35.1. The summed E-state index contributed by atoms with van der Waals surface area (Å²) in [5, 5.41) is 4.30. The molecule has 1 aliphatic carbocycles. The summed E-state index contributed by atoms with van der Waals surface area (Å²) >= 11 is 25.5. The van der Waals surface area contributed by atoms with Crippen LogP contribution >= 0.6 is 46.4 Å². The standard InChI is InChI=1S/C37H37Cl4N3O4S/c1-25-12-16-33(17-13-25)49(47,48)44(32-20-29(39)19-30(40)21-32)24-36(45)43(23-27-14-15-28(38)22-34(27)41)35(18-26-8-4-2-5-9-26)37(46)42-31-10-6-3-7-11-31/h2,4-5,8-9,12-17,19-22,31,35H,3,6-7,10-11,18,23-24H2,1H3,(H,42,46)/t35-/m0/s1. The lowest BCUT2D eigenvalue weighted by molar-refractivity contribution is -0.140. The smallest absolute Gasteiger partial charge is 0.264 e. The Morgan fingerprint density at radius 3 is 2.10 bits per heavy atom. The summed E-state index contributed by atoms with van der Waals surface area (Å²) < 4.78 is 29.6. The maximum atomic E-state index is 14.7. The summed E-state index contributed by atoms with van der Waals surface area (Å²) in [6.45, 7) is 1.11. The fraction of sp³-hybridized carbons (Fsp3) is 0.297. The highest BCUT2D eigenvalue weighted by Gasteiger charge is 2.36. The molecule has 5 rings (SSSR count). The van der Waals surface area contributed by atoms with Gasteiger partial charge in [0, 0.05) is 39.1 Å². The molecule has 4 aromatic rings. The van der Waals surface area contributed by atoms with Crippen molar-refractivity contribution < 1.29 is 18.0 Å². The van der Waals surface area contributed by atoms with Crippen LogP contribution in [0.3, 0.4) is 0 Å². The Labute approximate surface area is 308 Å². The van der Waals surface area contributed by atoms with Crippen molar-refractivity contribution in [3.63, 3.8) is 0 Å². The molecule has 1 saturated carbocycles. The molecule has 0 radical (unpaired) electrons. The summed E-state index contributed by atoms with van der Waals surface area (Å²) in [4.78, 5) is 30.4. The van der Waals surface area contributed by atoms with Crippen molar-refractivity contribution in [1.29, 1.82) is 0 Å². The zero-order valence-corrected chi connectivity index (χ0v) is 30.8. The van der Waals surface area contributed by atoms with E-state index in [4.69, 9.17) is 46.4 Å². The number of nitrogens with one attached hydrogen (secondary N) is 1. The Kier molecular flexibility index (Phi) is 12.6. The molecular weight excluding hydrogens is 724 g/mol. The van der Waals surface area contributed by atoms with Crippen molar-refractivity contribution in [3.05, 3.63) is 128 Å². The molecule has 1 fully saturated rings. The number of carbonyl (C=O) groups excluding carboxylic acids is 2. The molecule has 7 nitrogen and oxygen atoms in total. The average Bonchev–Trinajstić information content (AvgIpc) is 3.06. The first-order chi connectivity index (χ1) is 23.4. The van der Waals surface area contributed by atoms with E-state index >= 15 is 0 Å². The maximum Gasteiger partial charge on any atom is 0.264 e. The van der Waals surface area contributed by atoms with Gasteiger partial charge in [0.1, 0.15) is 12.6 Å². The van der Waals surface area contributed by atoms with Crippen LogP contribution in [0.2, 0.25) is 20.1 Å². The van der Waals surface area contributed by atoms with Crippen LogP contribution in [0, 0.1) is 6.92 Å². The van der Waals surface area contributed by atoms with Crippen LogP contribution in [0.1, 0.15) is 48.8 Å². The third-order valence-corrected chi connectivity index (χ3v) is 11.4. The van der Waals surface area contributed by atoms with Gasteiger partial charge in [-0.15, -0.1) is 0 Å². The van der Waals surface area contributed by atoms with E-state index in [0.717, 1.165) is 47.5 Å². The van der Waals surface area contributed by atoms with Crippen LogP contribution in [0.5, 0.6) is 0 Å². The number of rotatable bonds is 12. The van der Waals surface area contributed by atoms with Crippen LogP contribution in [0.25, 0.3) is 0 Å². The minimum Gasteiger partial charge on any atom is -0.352 e. The fourth-order valence-corrected chi connectivity index (χ4v) is 8.36. The molecular formula is C37H37Cl4N3O4S. The van der Waals surface area contributed by atoms with E-state index in [-0.39, 0.29) is 45.5 Å². The van der Waals surface area contributed by atoms with Gasteiger partial charge in [-0.25, -0.2) is 8.42 Å². The number of nitrogens with zero attached hydrogens (tertiary/aromatic N) is 2. The van der Waals surface area contributed by atoms with Gasteiger partial charge in [0.2, 0.25) is 11.8 Å². The topological polar surface area (TPSA) is 86.8 Å². The predicted molar refractivity (Wildman–Crippen MR) is 198 cm³/mol. The van der Waals surface area contributed by atoms with Gasteiger partial charge in [-0.2, -0.15) is 0 Å². The lowest BCUT2D eigenvalue weighted by Crippen LogP contribution is -2.55. The quantitative estimate of drug-likeness (QED) is 0.156. The van der Waals surface area contributed by atoms with Gasteiger partial charge in [0.05, 0.1) is 10.6 Å². The van der Waals surface area contributed by atoms with Gasteiger partial charge in [-0.1, -0.05) is 120 Å². The van der Waals surface area contributed by atoms with Crippen molar-refractivity contribution in [3.8, 4) is 0 Å². The third kappa shape index (κ3) is 9.71. The summed E-state index contributed by atoms with van der Waals surface area (Å²) in [5.74, 6) is -0.953.